The first kappa shape index (κ1) is 18.8. The average Bonchev–Trinajstić information content (AvgIpc) is 3.03. The quantitative estimate of drug-likeness (QED) is 0.502. The third-order valence-corrected chi connectivity index (χ3v) is 5.05. The number of anilines is 1. The molecule has 2 aromatic carbocycles. The summed E-state index contributed by atoms with van der Waals surface area (Å²) < 4.78 is 11.6. The highest BCUT2D eigenvalue weighted by Crippen LogP contribution is 2.21. The van der Waals surface area contributed by atoms with Gasteiger partial charge in [0.25, 0.3) is 0 Å². The zero-order chi connectivity index (χ0) is 19.4. The van der Waals surface area contributed by atoms with Crippen molar-refractivity contribution in [3.63, 3.8) is 0 Å². The van der Waals surface area contributed by atoms with Crippen molar-refractivity contribution in [3.8, 4) is 11.4 Å². The van der Waals surface area contributed by atoms with Crippen molar-refractivity contribution in [1.82, 2.24) is 5.27 Å². The van der Waals surface area contributed by atoms with Crippen LogP contribution in [-0.4, -0.2) is 23.5 Å². The Labute approximate surface area is 160 Å². The van der Waals surface area contributed by atoms with Crippen molar-refractivity contribution in [2.45, 2.75) is 24.1 Å². The van der Waals surface area contributed by atoms with Crippen LogP contribution in [0.1, 0.15) is 12.5 Å². The summed E-state index contributed by atoms with van der Waals surface area (Å²) in [6.45, 7) is 3.71. The van der Waals surface area contributed by atoms with Crippen LogP contribution in [0.2, 0.25) is 0 Å². The van der Waals surface area contributed by atoms with Crippen LogP contribution in [0.4, 0.5) is 5.69 Å². The van der Waals surface area contributed by atoms with Crippen molar-refractivity contribution >= 4 is 23.4 Å². The third kappa shape index (κ3) is 4.40. The smallest absolute Gasteiger partial charge is 0.442 e. The highest BCUT2D eigenvalue weighted by Gasteiger charge is 2.29. The van der Waals surface area contributed by atoms with Gasteiger partial charge in [-0.2, -0.15) is 0 Å². The molecule has 1 amide bonds. The summed E-state index contributed by atoms with van der Waals surface area (Å²) >= 11 is 1.13. The van der Waals surface area contributed by atoms with Crippen LogP contribution >= 0.6 is 11.8 Å². The van der Waals surface area contributed by atoms with Crippen LogP contribution in [0.15, 0.2) is 62.9 Å². The summed E-state index contributed by atoms with van der Waals surface area (Å²) in [7, 11) is 1.58. The molecule has 0 saturated carbocycles. The SMILES string of the molecule is COc1ccc(NC(=O)C(C)Sc2c(=O)o[nH][n+]2-c2ccc(C)cc2)cc1. The summed E-state index contributed by atoms with van der Waals surface area (Å²) in [4.78, 5) is 24.6. The fourth-order valence-electron chi connectivity index (χ4n) is 2.37. The number of nitrogens with zero attached hydrogens (tertiary/aromatic N) is 1. The Bertz CT molecular complexity index is 977. The number of ether oxygens (including phenoxy) is 1. The highest BCUT2D eigenvalue weighted by molar-refractivity contribution is 8.00. The van der Waals surface area contributed by atoms with E-state index in [1.54, 1.807) is 38.3 Å². The molecule has 0 aliphatic carbocycles. The molecule has 0 fully saturated rings. The average molecular weight is 386 g/mol. The van der Waals surface area contributed by atoms with Crippen LogP contribution in [-0.2, 0) is 4.79 Å². The molecule has 3 aromatic rings. The molecule has 0 saturated heterocycles. The second kappa shape index (κ2) is 8.13. The molecule has 1 unspecified atom stereocenters. The Balaban J connectivity index is 1.74. The summed E-state index contributed by atoms with van der Waals surface area (Å²) in [6, 6.07) is 14.6. The summed E-state index contributed by atoms with van der Waals surface area (Å²) in [5.74, 6) is 0.487. The lowest BCUT2D eigenvalue weighted by atomic mass is 10.2. The molecule has 1 heterocycles. The molecule has 0 bridgehead atoms. The number of benzene rings is 2. The van der Waals surface area contributed by atoms with E-state index >= 15 is 0 Å². The van der Waals surface area contributed by atoms with Crippen molar-refractivity contribution in [2.75, 3.05) is 12.4 Å². The number of methoxy groups -OCH3 is 1. The van der Waals surface area contributed by atoms with E-state index in [0.717, 1.165) is 23.0 Å². The van der Waals surface area contributed by atoms with E-state index < -0.39 is 10.9 Å². The van der Waals surface area contributed by atoms with Gasteiger partial charge >= 0.3 is 10.7 Å². The van der Waals surface area contributed by atoms with Gasteiger partial charge in [-0.3, -0.25) is 9.32 Å². The van der Waals surface area contributed by atoms with Gasteiger partial charge in [-0.25, -0.2) is 4.79 Å². The summed E-state index contributed by atoms with van der Waals surface area (Å²) in [6.07, 6.45) is 0. The topological polar surface area (TPSA) is 88.2 Å². The molecule has 7 nitrogen and oxygen atoms in total. The van der Waals surface area contributed by atoms with E-state index in [0.29, 0.717) is 16.5 Å². The molecule has 0 spiro atoms. The molecule has 8 heteroatoms. The number of carbonyl (C=O) groups excluding carboxylic acids is 1. The molecule has 140 valence electrons. The van der Waals surface area contributed by atoms with Crippen LogP contribution < -0.4 is 20.4 Å². The molecular formula is C19H20N3O4S+. The zero-order valence-corrected chi connectivity index (χ0v) is 16.0. The van der Waals surface area contributed by atoms with Crippen molar-refractivity contribution in [1.29, 1.82) is 0 Å². The lowest BCUT2D eigenvalue weighted by molar-refractivity contribution is -0.704. The van der Waals surface area contributed by atoms with Crippen LogP contribution in [0.25, 0.3) is 5.69 Å². The normalized spacial score (nSPS) is 11.8. The number of aryl methyl sites for hydroxylation is 1. The highest BCUT2D eigenvalue weighted by atomic mass is 32.2. The van der Waals surface area contributed by atoms with E-state index in [4.69, 9.17) is 9.26 Å². The minimum absolute atomic E-state index is 0.221. The second-order valence-electron chi connectivity index (χ2n) is 5.93. The first-order valence-electron chi connectivity index (χ1n) is 8.30. The fourth-order valence-corrected chi connectivity index (χ4v) is 3.25. The number of amides is 1. The molecule has 3 rings (SSSR count). The zero-order valence-electron chi connectivity index (χ0n) is 15.2. The molecule has 0 radical (unpaired) electrons. The lowest BCUT2D eigenvalue weighted by Crippen LogP contribution is -2.37. The number of thioether (sulfide) groups is 1. The molecule has 0 aliphatic rings. The van der Waals surface area contributed by atoms with Gasteiger partial charge in [-0.15, -0.1) is 0 Å². The van der Waals surface area contributed by atoms with E-state index in [-0.39, 0.29) is 5.91 Å². The van der Waals surface area contributed by atoms with Gasteiger partial charge < -0.3 is 10.1 Å². The Kier molecular flexibility index (Phi) is 5.66. The van der Waals surface area contributed by atoms with Crippen molar-refractivity contribution in [2.24, 2.45) is 0 Å². The maximum Gasteiger partial charge on any atom is 0.442 e. The van der Waals surface area contributed by atoms with Crippen molar-refractivity contribution < 1.29 is 18.7 Å². The van der Waals surface area contributed by atoms with Gasteiger partial charge in [0.15, 0.2) is 0 Å². The minimum Gasteiger partial charge on any atom is -0.497 e. The lowest BCUT2D eigenvalue weighted by Gasteiger charge is -2.10. The number of aromatic nitrogens is 2. The number of nitrogens with one attached hydrogen (secondary N) is 2. The van der Waals surface area contributed by atoms with E-state index in [1.807, 2.05) is 31.2 Å². The number of rotatable bonds is 6. The largest absolute Gasteiger partial charge is 0.497 e. The Morgan fingerprint density at radius 3 is 2.48 bits per heavy atom. The molecule has 0 aliphatic heterocycles. The van der Waals surface area contributed by atoms with E-state index in [2.05, 4.69) is 10.6 Å². The number of aromatic amines is 1. The molecule has 2 N–H and O–H groups in total. The van der Waals surface area contributed by atoms with Crippen LogP contribution in [0, 0.1) is 6.92 Å². The molecule has 1 aromatic heterocycles. The van der Waals surface area contributed by atoms with Crippen LogP contribution in [0.3, 0.4) is 0 Å². The number of hydrogen-bond donors (Lipinski definition) is 2. The molecule has 1 atom stereocenters. The monoisotopic (exact) mass is 386 g/mol. The van der Waals surface area contributed by atoms with E-state index in [1.165, 1.54) is 4.68 Å². The minimum atomic E-state index is -0.523. The maximum absolute atomic E-state index is 12.5. The van der Waals surface area contributed by atoms with Gasteiger partial charge in [0.1, 0.15) is 5.75 Å². The number of carbonyl (C=O) groups is 1. The van der Waals surface area contributed by atoms with Gasteiger partial charge in [0.2, 0.25) is 11.6 Å². The Morgan fingerprint density at radius 2 is 1.85 bits per heavy atom. The van der Waals surface area contributed by atoms with Gasteiger partial charge in [-0.1, -0.05) is 17.7 Å². The summed E-state index contributed by atoms with van der Waals surface area (Å²) in [5, 5.41) is 5.19. The predicted octanol–water partition coefficient (Wildman–Crippen LogP) is 2.68. The van der Waals surface area contributed by atoms with E-state index in [9.17, 15) is 9.59 Å². The molecule has 27 heavy (non-hydrogen) atoms. The van der Waals surface area contributed by atoms with Gasteiger partial charge in [0.05, 0.1) is 12.4 Å². The predicted molar refractivity (Wildman–Crippen MR) is 103 cm³/mol. The van der Waals surface area contributed by atoms with Crippen molar-refractivity contribution in [3.05, 3.63) is 64.5 Å². The number of H-pyrrole nitrogens is 1. The maximum atomic E-state index is 12.5. The number of hydrogen-bond acceptors (Lipinski definition) is 5. The fraction of sp³-hybridized carbons (Fsp3) is 0.211. The summed E-state index contributed by atoms with van der Waals surface area (Å²) in [5.41, 5.74) is 1.98. The Hall–Kier alpha value is -3.00. The first-order valence-corrected chi connectivity index (χ1v) is 9.18. The molecular weight excluding hydrogens is 366 g/mol. The second-order valence-corrected chi connectivity index (χ2v) is 7.26. The van der Waals surface area contributed by atoms with Gasteiger partial charge in [-0.05, 0) is 59.8 Å². The Morgan fingerprint density at radius 1 is 1.19 bits per heavy atom. The first-order chi connectivity index (χ1) is 13.0. The van der Waals surface area contributed by atoms with Gasteiger partial charge in [0, 0.05) is 17.8 Å². The third-order valence-electron chi connectivity index (χ3n) is 3.91. The standard InChI is InChI=1S/C19H19N3O4S/c1-12-4-8-15(9-5-12)22-18(19(24)26-21-22)27-13(2)17(23)20-14-6-10-16(25-3)11-7-14/h4-11,13H,1-3H3,(H-,20,21,23,24)/p+1. The van der Waals surface area contributed by atoms with Crippen LogP contribution in [0.5, 0.6) is 5.75 Å².